The van der Waals surface area contributed by atoms with Crippen LogP contribution in [-0.4, -0.2) is 14.0 Å². The maximum atomic E-state index is 10.8. The number of hydrogen-bond donors (Lipinski definition) is 1. The Balaban J connectivity index is 3.72. The quantitative estimate of drug-likeness (QED) is 0.519. The molecule has 0 rings (SSSR count). The molecule has 0 heterocycles. The summed E-state index contributed by atoms with van der Waals surface area (Å²) < 4.78 is 19.8. The predicted molar refractivity (Wildman–Crippen MR) is 53.5 cm³/mol. The minimum absolute atomic E-state index is 0.0310. The second-order valence-electron chi connectivity index (χ2n) is 3.55. The molecule has 0 radical (unpaired) electrons. The van der Waals surface area contributed by atoms with Gasteiger partial charge in [-0.05, 0) is 12.3 Å². The molecular formula is C9H20O2S. The predicted octanol–water partition coefficient (Wildman–Crippen LogP) is 2.81. The fourth-order valence-corrected chi connectivity index (χ4v) is 2.10. The molecule has 0 aromatic heterocycles. The number of hydrogen-bond acceptors (Lipinski definition) is 1. The van der Waals surface area contributed by atoms with Crippen LogP contribution in [0.2, 0.25) is 0 Å². The van der Waals surface area contributed by atoms with Crippen molar-refractivity contribution in [3.63, 3.8) is 0 Å². The van der Waals surface area contributed by atoms with E-state index in [1.807, 2.05) is 13.8 Å². The summed E-state index contributed by atoms with van der Waals surface area (Å²) in [6.07, 6.45) is 4.30. The topological polar surface area (TPSA) is 37.3 Å². The third-order valence-corrected chi connectivity index (χ3v) is 3.39. The van der Waals surface area contributed by atoms with Crippen molar-refractivity contribution >= 4 is 11.1 Å². The molecule has 74 valence electrons. The van der Waals surface area contributed by atoms with E-state index < -0.39 is 11.1 Å². The molecule has 12 heavy (non-hydrogen) atoms. The smallest absolute Gasteiger partial charge is 0.156 e. The van der Waals surface area contributed by atoms with Gasteiger partial charge in [0.15, 0.2) is 11.1 Å². The molecule has 1 N–H and O–H groups in total. The van der Waals surface area contributed by atoms with Gasteiger partial charge in [-0.15, -0.1) is 0 Å². The van der Waals surface area contributed by atoms with Gasteiger partial charge in [-0.1, -0.05) is 40.0 Å². The van der Waals surface area contributed by atoms with E-state index in [0.29, 0.717) is 5.92 Å². The van der Waals surface area contributed by atoms with E-state index in [1.165, 1.54) is 12.8 Å². The Bertz CT molecular complexity index is 134. The second-order valence-corrected chi connectivity index (χ2v) is 4.71. The third kappa shape index (κ3) is 4.88. The van der Waals surface area contributed by atoms with Crippen molar-refractivity contribution in [3.8, 4) is 0 Å². The average Bonchev–Trinajstić information content (AvgIpc) is 1.96. The largest absolute Gasteiger partial charge is 0.306 e. The minimum Gasteiger partial charge on any atom is -0.306 e. The van der Waals surface area contributed by atoms with Gasteiger partial charge in [0.2, 0.25) is 0 Å². The summed E-state index contributed by atoms with van der Waals surface area (Å²) in [5.74, 6) is 0.313. The lowest BCUT2D eigenvalue weighted by molar-refractivity contribution is 0.478. The van der Waals surface area contributed by atoms with Crippen molar-refractivity contribution in [1.82, 2.24) is 0 Å². The fraction of sp³-hybridized carbons (Fsp3) is 1.00. The van der Waals surface area contributed by atoms with Gasteiger partial charge in [-0.25, -0.2) is 4.21 Å². The first-order valence-corrected chi connectivity index (χ1v) is 5.86. The van der Waals surface area contributed by atoms with Crippen molar-refractivity contribution < 1.29 is 8.76 Å². The van der Waals surface area contributed by atoms with Gasteiger partial charge in [0.25, 0.3) is 0 Å². The molecule has 0 bridgehead atoms. The van der Waals surface area contributed by atoms with Crippen molar-refractivity contribution in [2.75, 3.05) is 0 Å². The summed E-state index contributed by atoms with van der Waals surface area (Å²) >= 11 is -1.64. The van der Waals surface area contributed by atoms with Gasteiger partial charge in [0.05, 0.1) is 5.25 Å². The maximum Gasteiger partial charge on any atom is 0.156 e. The van der Waals surface area contributed by atoms with Gasteiger partial charge in [-0.2, -0.15) is 0 Å². The minimum atomic E-state index is -1.64. The molecule has 0 fully saturated rings. The first-order valence-electron chi connectivity index (χ1n) is 4.69. The number of rotatable bonds is 6. The van der Waals surface area contributed by atoms with Gasteiger partial charge in [0, 0.05) is 0 Å². The van der Waals surface area contributed by atoms with E-state index in [0.717, 1.165) is 12.8 Å². The zero-order valence-corrected chi connectivity index (χ0v) is 9.06. The van der Waals surface area contributed by atoms with Crippen LogP contribution in [-0.2, 0) is 11.1 Å². The Hall–Kier alpha value is 0.110. The zero-order chi connectivity index (χ0) is 9.56. The van der Waals surface area contributed by atoms with Gasteiger partial charge < -0.3 is 4.55 Å². The molecule has 0 aliphatic carbocycles. The first kappa shape index (κ1) is 12.1. The van der Waals surface area contributed by atoms with Crippen LogP contribution in [0.15, 0.2) is 0 Å². The SMILES string of the molecule is CCCCCC(C(C)C)S(=O)O. The average molecular weight is 192 g/mol. The van der Waals surface area contributed by atoms with Gasteiger partial charge in [0.1, 0.15) is 0 Å². The molecule has 0 amide bonds. The highest BCUT2D eigenvalue weighted by Crippen LogP contribution is 2.15. The normalized spacial score (nSPS) is 16.4. The van der Waals surface area contributed by atoms with Gasteiger partial charge in [-0.3, -0.25) is 0 Å². The Labute approximate surface area is 78.0 Å². The molecule has 3 heteroatoms. The standard InChI is InChI=1S/C9H20O2S/c1-4-5-6-7-9(8(2)3)12(10)11/h8-9H,4-7H2,1-3H3,(H,10,11). The Morgan fingerprint density at radius 1 is 1.33 bits per heavy atom. The fourth-order valence-electron chi connectivity index (χ4n) is 1.26. The lowest BCUT2D eigenvalue weighted by Crippen LogP contribution is -2.21. The Morgan fingerprint density at radius 3 is 2.25 bits per heavy atom. The van der Waals surface area contributed by atoms with Crippen LogP contribution in [0.5, 0.6) is 0 Å². The highest BCUT2D eigenvalue weighted by atomic mass is 32.2. The molecule has 2 atom stereocenters. The molecule has 2 nitrogen and oxygen atoms in total. The van der Waals surface area contributed by atoms with Crippen LogP contribution in [0.4, 0.5) is 0 Å². The summed E-state index contributed by atoms with van der Waals surface area (Å²) in [7, 11) is 0. The van der Waals surface area contributed by atoms with E-state index in [4.69, 9.17) is 4.55 Å². The molecular weight excluding hydrogens is 172 g/mol. The monoisotopic (exact) mass is 192 g/mol. The molecule has 0 aromatic rings. The van der Waals surface area contributed by atoms with Crippen LogP contribution in [0.25, 0.3) is 0 Å². The molecule has 0 aromatic carbocycles. The van der Waals surface area contributed by atoms with E-state index in [2.05, 4.69) is 6.92 Å². The lowest BCUT2D eigenvalue weighted by Gasteiger charge is -2.15. The molecule has 2 unspecified atom stereocenters. The van der Waals surface area contributed by atoms with E-state index in [1.54, 1.807) is 0 Å². The summed E-state index contributed by atoms with van der Waals surface area (Å²) in [5, 5.41) is -0.0310. The van der Waals surface area contributed by atoms with Crippen LogP contribution in [0.3, 0.4) is 0 Å². The summed E-state index contributed by atoms with van der Waals surface area (Å²) in [6, 6.07) is 0. The van der Waals surface area contributed by atoms with Crippen molar-refractivity contribution in [1.29, 1.82) is 0 Å². The van der Waals surface area contributed by atoms with Crippen molar-refractivity contribution in [2.45, 2.75) is 51.7 Å². The summed E-state index contributed by atoms with van der Waals surface area (Å²) in [4.78, 5) is 0. The van der Waals surface area contributed by atoms with Gasteiger partial charge >= 0.3 is 0 Å². The van der Waals surface area contributed by atoms with Crippen LogP contribution >= 0.6 is 0 Å². The first-order chi connectivity index (χ1) is 5.59. The summed E-state index contributed by atoms with van der Waals surface area (Å²) in [6.45, 7) is 6.15. The molecule has 0 spiro atoms. The van der Waals surface area contributed by atoms with Crippen molar-refractivity contribution in [3.05, 3.63) is 0 Å². The lowest BCUT2D eigenvalue weighted by atomic mass is 10.0. The zero-order valence-electron chi connectivity index (χ0n) is 8.25. The molecule has 0 saturated carbocycles. The number of unbranched alkanes of at least 4 members (excludes halogenated alkanes) is 2. The van der Waals surface area contributed by atoms with E-state index >= 15 is 0 Å². The molecule has 0 aliphatic rings. The van der Waals surface area contributed by atoms with Crippen LogP contribution in [0.1, 0.15) is 46.5 Å². The van der Waals surface area contributed by atoms with Crippen molar-refractivity contribution in [2.24, 2.45) is 5.92 Å². The highest BCUT2D eigenvalue weighted by Gasteiger charge is 2.18. The summed E-state index contributed by atoms with van der Waals surface area (Å²) in [5.41, 5.74) is 0. The Kier molecular flexibility index (Phi) is 6.67. The Morgan fingerprint density at radius 2 is 1.92 bits per heavy atom. The maximum absolute atomic E-state index is 10.8. The molecule has 0 saturated heterocycles. The molecule has 0 aliphatic heterocycles. The third-order valence-electron chi connectivity index (χ3n) is 2.09. The van der Waals surface area contributed by atoms with Crippen LogP contribution in [0, 0.1) is 5.92 Å². The van der Waals surface area contributed by atoms with Crippen LogP contribution < -0.4 is 0 Å². The van der Waals surface area contributed by atoms with E-state index in [-0.39, 0.29) is 5.25 Å². The van der Waals surface area contributed by atoms with E-state index in [9.17, 15) is 4.21 Å². The second kappa shape index (κ2) is 6.61. The highest BCUT2D eigenvalue weighted by molar-refractivity contribution is 7.79.